The molecule has 1 aromatic rings. The number of thiazole rings is 1. The maximum atomic E-state index is 11.3. The first kappa shape index (κ1) is 11.3. The lowest BCUT2D eigenvalue weighted by Gasteiger charge is -1.99. The topological polar surface area (TPSA) is 39.2 Å². The van der Waals surface area contributed by atoms with E-state index in [9.17, 15) is 4.79 Å². The minimum atomic E-state index is 0.104. The summed E-state index contributed by atoms with van der Waals surface area (Å²) in [5.41, 5.74) is 0.979. The van der Waals surface area contributed by atoms with E-state index in [4.69, 9.17) is 4.74 Å². The molecule has 0 spiro atoms. The van der Waals surface area contributed by atoms with Crippen molar-refractivity contribution in [2.24, 2.45) is 0 Å². The first-order valence-corrected chi connectivity index (χ1v) is 5.60. The predicted molar refractivity (Wildman–Crippen MR) is 56.7 cm³/mol. The van der Waals surface area contributed by atoms with Crippen LogP contribution >= 0.6 is 11.3 Å². The highest BCUT2D eigenvalue weighted by Crippen LogP contribution is 2.09. The summed E-state index contributed by atoms with van der Waals surface area (Å²) < 4.78 is 5.15. The van der Waals surface area contributed by atoms with Crippen LogP contribution in [0, 0.1) is 6.92 Å². The van der Waals surface area contributed by atoms with Crippen LogP contribution in [0.15, 0.2) is 5.38 Å². The van der Waals surface area contributed by atoms with Crippen LogP contribution in [0.3, 0.4) is 0 Å². The molecule has 0 aliphatic carbocycles. The molecule has 1 aromatic heterocycles. The van der Waals surface area contributed by atoms with Crippen LogP contribution in [0.25, 0.3) is 0 Å². The first-order valence-electron chi connectivity index (χ1n) is 4.72. The quantitative estimate of drug-likeness (QED) is 0.678. The van der Waals surface area contributed by atoms with Crippen molar-refractivity contribution in [3.05, 3.63) is 16.1 Å². The first-order chi connectivity index (χ1) is 6.72. The van der Waals surface area contributed by atoms with Crippen molar-refractivity contribution in [1.29, 1.82) is 0 Å². The van der Waals surface area contributed by atoms with Crippen LogP contribution in [0.2, 0.25) is 0 Å². The summed E-state index contributed by atoms with van der Waals surface area (Å²) in [6, 6.07) is 0. The molecule has 0 radical (unpaired) electrons. The van der Waals surface area contributed by atoms with Gasteiger partial charge in [-0.1, -0.05) is 6.92 Å². The molecule has 14 heavy (non-hydrogen) atoms. The van der Waals surface area contributed by atoms with Gasteiger partial charge in [-0.3, -0.25) is 4.79 Å². The van der Waals surface area contributed by atoms with E-state index in [-0.39, 0.29) is 12.4 Å². The third-order valence-electron chi connectivity index (χ3n) is 1.63. The zero-order chi connectivity index (χ0) is 10.4. The highest BCUT2D eigenvalue weighted by Gasteiger charge is 2.06. The van der Waals surface area contributed by atoms with Gasteiger partial charge in [-0.15, -0.1) is 11.3 Å². The van der Waals surface area contributed by atoms with E-state index >= 15 is 0 Å². The van der Waals surface area contributed by atoms with Gasteiger partial charge in [0.2, 0.25) is 0 Å². The SMILES string of the molecule is CCCOCC(=O)Cc1nc(C)cs1. The molecule has 0 N–H and O–H groups in total. The van der Waals surface area contributed by atoms with Crippen molar-refractivity contribution in [1.82, 2.24) is 4.98 Å². The molecule has 0 aromatic carbocycles. The van der Waals surface area contributed by atoms with E-state index in [1.165, 1.54) is 11.3 Å². The van der Waals surface area contributed by atoms with Crippen LogP contribution in [-0.4, -0.2) is 24.0 Å². The number of hydrogen-bond donors (Lipinski definition) is 0. The summed E-state index contributed by atoms with van der Waals surface area (Å²) in [5.74, 6) is 0.104. The average Bonchev–Trinajstić information content (AvgIpc) is 2.52. The number of carbonyl (C=O) groups is 1. The monoisotopic (exact) mass is 213 g/mol. The highest BCUT2D eigenvalue weighted by molar-refractivity contribution is 7.09. The van der Waals surface area contributed by atoms with Gasteiger partial charge in [-0.05, 0) is 13.3 Å². The molecule has 0 unspecified atom stereocenters. The Bertz CT molecular complexity index is 296. The molecule has 4 heteroatoms. The Hall–Kier alpha value is -0.740. The number of rotatable bonds is 6. The summed E-state index contributed by atoms with van der Waals surface area (Å²) >= 11 is 1.53. The van der Waals surface area contributed by atoms with Crippen molar-refractivity contribution in [2.75, 3.05) is 13.2 Å². The summed E-state index contributed by atoms with van der Waals surface area (Å²) in [4.78, 5) is 15.6. The molecule has 78 valence electrons. The van der Waals surface area contributed by atoms with Crippen molar-refractivity contribution in [3.63, 3.8) is 0 Å². The number of carbonyl (C=O) groups excluding carboxylic acids is 1. The van der Waals surface area contributed by atoms with Gasteiger partial charge in [0.15, 0.2) is 5.78 Å². The number of ketones is 1. The van der Waals surface area contributed by atoms with Crippen LogP contribution in [0.4, 0.5) is 0 Å². The van der Waals surface area contributed by atoms with E-state index in [0.29, 0.717) is 13.0 Å². The Labute approximate surface area is 88.1 Å². The summed E-state index contributed by atoms with van der Waals surface area (Å²) in [6.07, 6.45) is 1.35. The normalized spacial score (nSPS) is 10.4. The zero-order valence-electron chi connectivity index (χ0n) is 8.58. The fraction of sp³-hybridized carbons (Fsp3) is 0.600. The Morgan fingerprint density at radius 1 is 1.64 bits per heavy atom. The lowest BCUT2D eigenvalue weighted by atomic mass is 10.3. The molecule has 0 aliphatic heterocycles. The molecule has 0 saturated carbocycles. The Morgan fingerprint density at radius 3 is 3.00 bits per heavy atom. The average molecular weight is 213 g/mol. The maximum absolute atomic E-state index is 11.3. The lowest BCUT2D eigenvalue weighted by molar-refractivity contribution is -0.122. The molecule has 0 aliphatic rings. The van der Waals surface area contributed by atoms with Gasteiger partial charge in [0, 0.05) is 17.7 Å². The fourth-order valence-corrected chi connectivity index (χ4v) is 1.83. The van der Waals surface area contributed by atoms with Gasteiger partial charge < -0.3 is 4.74 Å². The van der Waals surface area contributed by atoms with Crippen molar-refractivity contribution >= 4 is 17.1 Å². The fourth-order valence-electron chi connectivity index (χ4n) is 1.03. The standard InChI is InChI=1S/C10H15NO2S/c1-3-4-13-6-9(12)5-10-11-8(2)7-14-10/h7H,3-6H2,1-2H3. The number of ether oxygens (including phenoxy) is 1. The van der Waals surface area contributed by atoms with Gasteiger partial charge in [0.25, 0.3) is 0 Å². The minimum Gasteiger partial charge on any atom is -0.374 e. The molecule has 0 saturated heterocycles. The van der Waals surface area contributed by atoms with E-state index in [1.54, 1.807) is 0 Å². The van der Waals surface area contributed by atoms with Crippen LogP contribution < -0.4 is 0 Å². The van der Waals surface area contributed by atoms with E-state index in [0.717, 1.165) is 17.1 Å². The number of aromatic nitrogens is 1. The van der Waals surface area contributed by atoms with E-state index in [1.807, 2.05) is 19.2 Å². The molecular formula is C10H15NO2S. The third-order valence-corrected chi connectivity index (χ3v) is 2.59. The number of aryl methyl sites for hydroxylation is 1. The molecule has 1 rings (SSSR count). The van der Waals surface area contributed by atoms with Gasteiger partial charge in [0.1, 0.15) is 11.6 Å². The predicted octanol–water partition coefficient (Wildman–Crippen LogP) is 1.99. The van der Waals surface area contributed by atoms with Gasteiger partial charge in [-0.2, -0.15) is 0 Å². The summed E-state index contributed by atoms with van der Waals surface area (Å²) in [7, 11) is 0. The lowest BCUT2D eigenvalue weighted by Crippen LogP contribution is -2.11. The second-order valence-electron chi connectivity index (χ2n) is 3.15. The molecular weight excluding hydrogens is 198 g/mol. The van der Waals surface area contributed by atoms with Crippen molar-refractivity contribution in [2.45, 2.75) is 26.7 Å². The van der Waals surface area contributed by atoms with E-state index in [2.05, 4.69) is 4.98 Å². The largest absolute Gasteiger partial charge is 0.374 e. The number of hydrogen-bond acceptors (Lipinski definition) is 4. The second-order valence-corrected chi connectivity index (χ2v) is 4.09. The van der Waals surface area contributed by atoms with Gasteiger partial charge in [0.05, 0.1) is 6.42 Å². The minimum absolute atomic E-state index is 0.104. The van der Waals surface area contributed by atoms with Crippen LogP contribution in [-0.2, 0) is 16.0 Å². The smallest absolute Gasteiger partial charge is 0.165 e. The zero-order valence-corrected chi connectivity index (χ0v) is 9.39. The van der Waals surface area contributed by atoms with Gasteiger partial charge >= 0.3 is 0 Å². The molecule has 1 heterocycles. The Morgan fingerprint density at radius 2 is 2.43 bits per heavy atom. The third kappa shape index (κ3) is 3.98. The Kier molecular flexibility index (Phi) is 4.76. The molecule has 0 fully saturated rings. The molecule has 0 atom stereocenters. The van der Waals surface area contributed by atoms with E-state index < -0.39 is 0 Å². The van der Waals surface area contributed by atoms with Crippen molar-refractivity contribution < 1.29 is 9.53 Å². The Balaban J connectivity index is 2.27. The molecule has 0 amide bonds. The van der Waals surface area contributed by atoms with Crippen molar-refractivity contribution in [3.8, 4) is 0 Å². The number of Topliss-reactive ketones (excluding diaryl/α,β-unsaturated/α-hetero) is 1. The number of nitrogens with zero attached hydrogens (tertiary/aromatic N) is 1. The summed E-state index contributed by atoms with van der Waals surface area (Å²) in [5, 5.41) is 2.84. The maximum Gasteiger partial charge on any atom is 0.165 e. The van der Waals surface area contributed by atoms with Gasteiger partial charge in [-0.25, -0.2) is 4.98 Å². The van der Waals surface area contributed by atoms with Crippen LogP contribution in [0.5, 0.6) is 0 Å². The molecule has 3 nitrogen and oxygen atoms in total. The molecule has 0 bridgehead atoms. The highest BCUT2D eigenvalue weighted by atomic mass is 32.1. The van der Waals surface area contributed by atoms with Crippen LogP contribution in [0.1, 0.15) is 24.0 Å². The summed E-state index contributed by atoms with van der Waals surface area (Å²) in [6.45, 7) is 4.82. The second kappa shape index (κ2) is 5.88.